The first-order valence-corrected chi connectivity index (χ1v) is 11.7. The van der Waals surface area contributed by atoms with E-state index in [1.807, 2.05) is 22.4 Å². The molecule has 0 radical (unpaired) electrons. The van der Waals surface area contributed by atoms with Gasteiger partial charge in [-0.15, -0.1) is 11.3 Å². The molecule has 30 heavy (non-hydrogen) atoms. The van der Waals surface area contributed by atoms with Crippen molar-refractivity contribution < 1.29 is 9.59 Å². The fourth-order valence-corrected chi connectivity index (χ4v) is 5.00. The number of urea groups is 1. The van der Waals surface area contributed by atoms with E-state index in [2.05, 4.69) is 20.6 Å². The Hall–Kier alpha value is -2.48. The molecule has 2 fully saturated rings. The van der Waals surface area contributed by atoms with Crippen LogP contribution in [0.5, 0.6) is 0 Å². The second kappa shape index (κ2) is 10.0. The average molecular weight is 428 g/mol. The van der Waals surface area contributed by atoms with Crippen LogP contribution < -0.4 is 10.6 Å². The highest BCUT2D eigenvalue weighted by Crippen LogP contribution is 2.23. The lowest BCUT2D eigenvalue weighted by molar-refractivity contribution is -0.121. The van der Waals surface area contributed by atoms with Crippen LogP contribution in [0.4, 0.5) is 4.79 Å². The van der Waals surface area contributed by atoms with E-state index in [-0.39, 0.29) is 24.4 Å². The Kier molecular flexibility index (Phi) is 6.94. The SMILES string of the molecule is O=C(Cc1csc(-c2cccnc2)n1)NC1CCN(C(=O)NC2CCCCC2)CC1. The molecule has 4 rings (SSSR count). The molecule has 160 valence electrons. The van der Waals surface area contributed by atoms with Gasteiger partial charge in [-0.25, -0.2) is 9.78 Å². The van der Waals surface area contributed by atoms with Gasteiger partial charge in [0.15, 0.2) is 0 Å². The zero-order chi connectivity index (χ0) is 20.8. The number of rotatable bonds is 5. The molecule has 0 atom stereocenters. The molecule has 0 aromatic carbocycles. The third kappa shape index (κ3) is 5.56. The predicted molar refractivity (Wildman–Crippen MR) is 117 cm³/mol. The van der Waals surface area contributed by atoms with Gasteiger partial charge in [-0.3, -0.25) is 9.78 Å². The van der Waals surface area contributed by atoms with Gasteiger partial charge in [0.2, 0.25) is 5.91 Å². The Labute approximate surface area is 181 Å². The molecule has 7 nitrogen and oxygen atoms in total. The molecule has 1 aliphatic carbocycles. The van der Waals surface area contributed by atoms with Gasteiger partial charge in [-0.05, 0) is 37.8 Å². The fraction of sp³-hybridized carbons (Fsp3) is 0.545. The van der Waals surface area contributed by atoms with Crippen molar-refractivity contribution in [1.29, 1.82) is 0 Å². The van der Waals surface area contributed by atoms with Gasteiger partial charge in [0.1, 0.15) is 5.01 Å². The zero-order valence-electron chi connectivity index (χ0n) is 17.2. The van der Waals surface area contributed by atoms with E-state index < -0.39 is 0 Å². The Morgan fingerprint density at radius 2 is 1.83 bits per heavy atom. The number of hydrogen-bond acceptors (Lipinski definition) is 5. The summed E-state index contributed by atoms with van der Waals surface area (Å²) in [4.78, 5) is 35.5. The van der Waals surface area contributed by atoms with E-state index in [0.29, 0.717) is 19.1 Å². The minimum atomic E-state index is -0.0110. The third-order valence-corrected chi connectivity index (χ3v) is 6.82. The van der Waals surface area contributed by atoms with Crippen molar-refractivity contribution in [2.75, 3.05) is 13.1 Å². The average Bonchev–Trinajstić information content (AvgIpc) is 3.24. The lowest BCUT2D eigenvalue weighted by atomic mass is 9.95. The van der Waals surface area contributed by atoms with Gasteiger partial charge in [-0.1, -0.05) is 19.3 Å². The van der Waals surface area contributed by atoms with Crippen LogP contribution >= 0.6 is 11.3 Å². The summed E-state index contributed by atoms with van der Waals surface area (Å²) in [5.41, 5.74) is 1.74. The van der Waals surface area contributed by atoms with Gasteiger partial charge in [0, 0.05) is 48.5 Å². The molecule has 0 spiro atoms. The highest BCUT2D eigenvalue weighted by molar-refractivity contribution is 7.13. The number of nitrogens with zero attached hydrogens (tertiary/aromatic N) is 3. The number of aromatic nitrogens is 2. The standard InChI is InChI=1S/C22H29N5O2S/c28-20(13-19-15-30-21(25-19)16-5-4-10-23-14-16)24-18-8-11-27(12-9-18)22(29)26-17-6-2-1-3-7-17/h4-5,10,14-15,17-18H,1-3,6-9,11-13H2,(H,24,28)(H,26,29). The zero-order valence-corrected chi connectivity index (χ0v) is 18.0. The lowest BCUT2D eigenvalue weighted by Crippen LogP contribution is -2.51. The summed E-state index contributed by atoms with van der Waals surface area (Å²) in [7, 11) is 0. The molecule has 2 aliphatic rings. The van der Waals surface area contributed by atoms with E-state index in [1.54, 1.807) is 12.4 Å². The maximum Gasteiger partial charge on any atom is 0.317 e. The van der Waals surface area contributed by atoms with E-state index in [4.69, 9.17) is 0 Å². The highest BCUT2D eigenvalue weighted by Gasteiger charge is 2.26. The monoisotopic (exact) mass is 427 g/mol. The summed E-state index contributed by atoms with van der Waals surface area (Å²) in [6, 6.07) is 4.35. The van der Waals surface area contributed by atoms with Gasteiger partial charge in [0.25, 0.3) is 0 Å². The molecule has 3 heterocycles. The second-order valence-corrected chi connectivity index (χ2v) is 9.03. The van der Waals surface area contributed by atoms with E-state index >= 15 is 0 Å². The number of thiazole rings is 1. The van der Waals surface area contributed by atoms with Crippen molar-refractivity contribution in [2.45, 2.75) is 63.5 Å². The third-order valence-electron chi connectivity index (χ3n) is 5.88. The molecule has 2 aromatic heterocycles. The van der Waals surface area contributed by atoms with Crippen LogP contribution in [-0.2, 0) is 11.2 Å². The Bertz CT molecular complexity index is 842. The normalized spacial score (nSPS) is 18.2. The van der Waals surface area contributed by atoms with E-state index in [0.717, 1.165) is 41.9 Å². The summed E-state index contributed by atoms with van der Waals surface area (Å²) in [5.74, 6) is -0.0110. The van der Waals surface area contributed by atoms with Gasteiger partial charge in [0.05, 0.1) is 12.1 Å². The summed E-state index contributed by atoms with van der Waals surface area (Å²) < 4.78 is 0. The van der Waals surface area contributed by atoms with Crippen molar-refractivity contribution in [3.05, 3.63) is 35.6 Å². The van der Waals surface area contributed by atoms with Crippen LogP contribution in [0.25, 0.3) is 10.6 Å². The Morgan fingerprint density at radius 1 is 1.07 bits per heavy atom. The number of carbonyl (C=O) groups excluding carboxylic acids is 2. The Balaban J connectivity index is 1.20. The number of likely N-dealkylation sites (tertiary alicyclic amines) is 1. The van der Waals surface area contributed by atoms with Crippen molar-refractivity contribution >= 4 is 23.3 Å². The molecule has 3 amide bonds. The highest BCUT2D eigenvalue weighted by atomic mass is 32.1. The van der Waals surface area contributed by atoms with Crippen LogP contribution in [0.3, 0.4) is 0 Å². The minimum Gasteiger partial charge on any atom is -0.353 e. The van der Waals surface area contributed by atoms with Crippen molar-refractivity contribution in [3.8, 4) is 10.6 Å². The first-order valence-electron chi connectivity index (χ1n) is 10.9. The maximum atomic E-state index is 12.5. The largest absolute Gasteiger partial charge is 0.353 e. The number of nitrogens with one attached hydrogen (secondary N) is 2. The molecule has 2 aromatic rings. The van der Waals surface area contributed by atoms with Gasteiger partial charge in [-0.2, -0.15) is 0 Å². The summed E-state index contributed by atoms with van der Waals surface area (Å²) >= 11 is 1.53. The molecule has 8 heteroatoms. The fourth-order valence-electron chi connectivity index (χ4n) is 4.19. The maximum absolute atomic E-state index is 12.5. The molecule has 1 aliphatic heterocycles. The van der Waals surface area contributed by atoms with Crippen LogP contribution in [0.1, 0.15) is 50.6 Å². The van der Waals surface area contributed by atoms with Crippen LogP contribution in [0, 0.1) is 0 Å². The molecule has 0 unspecified atom stereocenters. The van der Waals surface area contributed by atoms with E-state index in [9.17, 15) is 9.59 Å². The topological polar surface area (TPSA) is 87.2 Å². The first kappa shape index (κ1) is 20.8. The van der Waals surface area contributed by atoms with Crippen LogP contribution in [0.2, 0.25) is 0 Å². The molecular formula is C22H29N5O2S. The number of amides is 3. The summed E-state index contributed by atoms with van der Waals surface area (Å²) in [6.45, 7) is 1.37. The smallest absolute Gasteiger partial charge is 0.317 e. The van der Waals surface area contributed by atoms with Crippen molar-refractivity contribution in [3.63, 3.8) is 0 Å². The molecule has 1 saturated carbocycles. The van der Waals surface area contributed by atoms with Gasteiger partial charge >= 0.3 is 6.03 Å². The first-order chi connectivity index (χ1) is 14.7. The number of pyridine rings is 1. The quantitative estimate of drug-likeness (QED) is 0.766. The van der Waals surface area contributed by atoms with Gasteiger partial charge < -0.3 is 15.5 Å². The van der Waals surface area contributed by atoms with Crippen molar-refractivity contribution in [1.82, 2.24) is 25.5 Å². The van der Waals surface area contributed by atoms with E-state index in [1.165, 1.54) is 30.6 Å². The number of hydrogen-bond donors (Lipinski definition) is 2. The van der Waals surface area contributed by atoms with Crippen LogP contribution in [-0.4, -0.2) is 52.0 Å². The Morgan fingerprint density at radius 3 is 2.57 bits per heavy atom. The second-order valence-electron chi connectivity index (χ2n) is 8.18. The minimum absolute atomic E-state index is 0.0110. The summed E-state index contributed by atoms with van der Waals surface area (Å²) in [6.07, 6.45) is 11.3. The molecule has 2 N–H and O–H groups in total. The van der Waals surface area contributed by atoms with Crippen LogP contribution in [0.15, 0.2) is 29.9 Å². The molecule has 0 bridgehead atoms. The molecular weight excluding hydrogens is 398 g/mol. The number of carbonyl (C=O) groups is 2. The number of piperidine rings is 1. The molecule has 1 saturated heterocycles. The lowest BCUT2D eigenvalue weighted by Gasteiger charge is -2.34. The van der Waals surface area contributed by atoms with Crippen molar-refractivity contribution in [2.24, 2.45) is 0 Å². The predicted octanol–water partition coefficient (Wildman–Crippen LogP) is 3.37. The summed E-state index contributed by atoms with van der Waals surface area (Å²) in [5, 5.41) is 9.10.